The number of carbonyl (C=O) groups is 2. The molecule has 0 saturated carbocycles. The van der Waals surface area contributed by atoms with Gasteiger partial charge in [-0.15, -0.1) is 0 Å². The highest BCUT2D eigenvalue weighted by molar-refractivity contribution is 7.92. The second-order valence-electron chi connectivity index (χ2n) is 8.67. The fraction of sp³-hybridized carbons (Fsp3) is 0.391. The van der Waals surface area contributed by atoms with E-state index in [1.807, 2.05) is 20.8 Å². The number of hydrogen-bond donors (Lipinski definition) is 2. The van der Waals surface area contributed by atoms with Crippen molar-refractivity contribution in [2.24, 2.45) is 0 Å². The van der Waals surface area contributed by atoms with Crippen molar-refractivity contribution in [2.45, 2.75) is 46.1 Å². The number of anilines is 2. The van der Waals surface area contributed by atoms with Crippen LogP contribution >= 0.6 is 11.6 Å². The summed E-state index contributed by atoms with van der Waals surface area (Å²) < 4.78 is 25.9. The maximum atomic E-state index is 12.5. The molecule has 0 saturated heterocycles. The van der Waals surface area contributed by atoms with Gasteiger partial charge in [0.15, 0.2) is 0 Å². The van der Waals surface area contributed by atoms with Gasteiger partial charge >= 0.3 is 0 Å². The van der Waals surface area contributed by atoms with E-state index >= 15 is 0 Å². The van der Waals surface area contributed by atoms with Crippen LogP contribution in [0.25, 0.3) is 0 Å². The minimum atomic E-state index is -3.56. The molecule has 0 bridgehead atoms. The van der Waals surface area contributed by atoms with Gasteiger partial charge in [-0.1, -0.05) is 29.8 Å². The zero-order chi connectivity index (χ0) is 24.1. The van der Waals surface area contributed by atoms with Crippen molar-refractivity contribution in [3.8, 4) is 0 Å². The van der Waals surface area contributed by atoms with E-state index in [9.17, 15) is 18.0 Å². The highest BCUT2D eigenvalue weighted by Gasteiger charge is 2.21. The van der Waals surface area contributed by atoms with Crippen molar-refractivity contribution >= 4 is 44.8 Å². The van der Waals surface area contributed by atoms with E-state index in [0.29, 0.717) is 28.4 Å². The van der Waals surface area contributed by atoms with Crippen molar-refractivity contribution in [1.82, 2.24) is 5.32 Å². The zero-order valence-corrected chi connectivity index (χ0v) is 20.6. The molecular weight excluding hydrogens is 450 g/mol. The Morgan fingerprint density at radius 2 is 1.75 bits per heavy atom. The van der Waals surface area contributed by atoms with Gasteiger partial charge < -0.3 is 10.6 Å². The van der Waals surface area contributed by atoms with E-state index in [2.05, 4.69) is 10.6 Å². The maximum absolute atomic E-state index is 12.5. The lowest BCUT2D eigenvalue weighted by molar-refractivity contribution is -0.116. The van der Waals surface area contributed by atoms with Crippen molar-refractivity contribution in [3.05, 3.63) is 58.6 Å². The standard InChI is InChI=1S/C23H30ClN3O4S/c1-16-12-13-17(24)15-20(16)27(32(5,30)31)14-8-11-21(28)25-19-10-7-6-9-18(19)22(29)26-23(2,3)4/h6-7,9-10,12-13,15H,8,11,14H2,1-5H3,(H,25,28)(H,26,29). The molecule has 0 aliphatic carbocycles. The van der Waals surface area contributed by atoms with Crippen LogP contribution in [0.15, 0.2) is 42.5 Å². The molecule has 0 unspecified atom stereocenters. The monoisotopic (exact) mass is 479 g/mol. The summed E-state index contributed by atoms with van der Waals surface area (Å²) in [5.74, 6) is -0.592. The molecule has 32 heavy (non-hydrogen) atoms. The minimum absolute atomic E-state index is 0.0842. The molecule has 0 radical (unpaired) electrons. The van der Waals surface area contributed by atoms with E-state index in [1.165, 1.54) is 4.31 Å². The second kappa shape index (κ2) is 10.4. The van der Waals surface area contributed by atoms with Crippen LogP contribution in [0.5, 0.6) is 0 Å². The number of benzene rings is 2. The molecule has 0 aliphatic heterocycles. The lowest BCUT2D eigenvalue weighted by Gasteiger charge is -2.24. The van der Waals surface area contributed by atoms with E-state index in [-0.39, 0.29) is 24.8 Å². The predicted octanol–water partition coefficient (Wildman–Crippen LogP) is 4.36. The first-order chi connectivity index (χ1) is 14.8. The molecule has 2 aromatic carbocycles. The number of rotatable bonds is 8. The van der Waals surface area contributed by atoms with Gasteiger partial charge in [-0.3, -0.25) is 13.9 Å². The molecule has 0 spiro atoms. The Hall–Kier alpha value is -2.58. The number of nitrogens with one attached hydrogen (secondary N) is 2. The Kier molecular flexibility index (Phi) is 8.31. The number of amides is 2. The number of hydrogen-bond acceptors (Lipinski definition) is 4. The van der Waals surface area contributed by atoms with Gasteiger partial charge in [0.05, 0.1) is 23.2 Å². The molecule has 0 aromatic heterocycles. The van der Waals surface area contributed by atoms with Crippen LogP contribution in [0, 0.1) is 6.92 Å². The van der Waals surface area contributed by atoms with Crippen LogP contribution in [0.3, 0.4) is 0 Å². The van der Waals surface area contributed by atoms with Crippen LogP contribution in [-0.2, 0) is 14.8 Å². The first-order valence-corrected chi connectivity index (χ1v) is 12.5. The molecule has 174 valence electrons. The summed E-state index contributed by atoms with van der Waals surface area (Å²) in [6.45, 7) is 7.56. The molecule has 0 atom stereocenters. The third kappa shape index (κ3) is 7.53. The SMILES string of the molecule is Cc1ccc(Cl)cc1N(CCCC(=O)Nc1ccccc1C(=O)NC(C)(C)C)S(C)(=O)=O. The van der Waals surface area contributed by atoms with Crippen molar-refractivity contribution in [2.75, 3.05) is 22.4 Å². The molecule has 2 N–H and O–H groups in total. The summed E-state index contributed by atoms with van der Waals surface area (Å²) >= 11 is 6.05. The summed E-state index contributed by atoms with van der Waals surface area (Å²) in [7, 11) is -3.56. The Morgan fingerprint density at radius 1 is 1.09 bits per heavy atom. The van der Waals surface area contributed by atoms with Crippen LogP contribution in [0.2, 0.25) is 5.02 Å². The summed E-state index contributed by atoms with van der Waals surface area (Å²) in [5.41, 5.74) is 1.61. The quantitative estimate of drug-likeness (QED) is 0.587. The Bertz CT molecular complexity index is 1090. The summed E-state index contributed by atoms with van der Waals surface area (Å²) in [6.07, 6.45) is 1.50. The molecule has 0 aliphatic rings. The van der Waals surface area contributed by atoms with Gasteiger partial charge in [0.1, 0.15) is 0 Å². The molecule has 9 heteroatoms. The average molecular weight is 480 g/mol. The van der Waals surface area contributed by atoms with Crippen LogP contribution < -0.4 is 14.9 Å². The van der Waals surface area contributed by atoms with Crippen LogP contribution in [-0.4, -0.2) is 38.6 Å². The molecule has 2 amide bonds. The fourth-order valence-electron chi connectivity index (χ4n) is 3.11. The third-order valence-electron chi connectivity index (χ3n) is 4.54. The molecule has 2 rings (SSSR count). The molecule has 0 heterocycles. The summed E-state index contributed by atoms with van der Waals surface area (Å²) in [5, 5.41) is 6.07. The number of carbonyl (C=O) groups excluding carboxylic acids is 2. The van der Waals surface area contributed by atoms with Crippen LogP contribution in [0.1, 0.15) is 49.5 Å². The number of nitrogens with zero attached hydrogens (tertiary/aromatic N) is 1. The third-order valence-corrected chi connectivity index (χ3v) is 5.95. The smallest absolute Gasteiger partial charge is 0.253 e. The van der Waals surface area contributed by atoms with Gasteiger partial charge in [-0.25, -0.2) is 8.42 Å². The number of sulfonamides is 1. The molecule has 0 fully saturated rings. The highest BCUT2D eigenvalue weighted by atomic mass is 35.5. The van der Waals surface area contributed by atoms with E-state index in [4.69, 9.17) is 11.6 Å². The Morgan fingerprint density at radius 3 is 2.38 bits per heavy atom. The van der Waals surface area contributed by atoms with Crippen LogP contribution in [0.4, 0.5) is 11.4 Å². The van der Waals surface area contributed by atoms with Gasteiger partial charge in [-0.05, 0) is 63.9 Å². The normalized spacial score (nSPS) is 11.7. The van der Waals surface area contributed by atoms with Gasteiger partial charge in [0.2, 0.25) is 15.9 Å². The van der Waals surface area contributed by atoms with E-state index in [0.717, 1.165) is 11.8 Å². The van der Waals surface area contributed by atoms with E-state index < -0.39 is 15.6 Å². The van der Waals surface area contributed by atoms with Crippen molar-refractivity contribution < 1.29 is 18.0 Å². The Labute approximate surface area is 195 Å². The fourth-order valence-corrected chi connectivity index (χ4v) is 4.29. The lowest BCUT2D eigenvalue weighted by Crippen LogP contribution is -2.40. The second-order valence-corrected chi connectivity index (χ2v) is 11.0. The molecule has 2 aromatic rings. The van der Waals surface area contributed by atoms with Crippen molar-refractivity contribution in [1.29, 1.82) is 0 Å². The zero-order valence-electron chi connectivity index (χ0n) is 19.0. The van der Waals surface area contributed by atoms with Crippen molar-refractivity contribution in [3.63, 3.8) is 0 Å². The first-order valence-electron chi connectivity index (χ1n) is 10.2. The largest absolute Gasteiger partial charge is 0.347 e. The molecular formula is C23H30ClN3O4S. The lowest BCUT2D eigenvalue weighted by atomic mass is 10.1. The summed E-state index contributed by atoms with van der Waals surface area (Å²) in [6, 6.07) is 11.8. The molecule has 7 nitrogen and oxygen atoms in total. The van der Waals surface area contributed by atoms with Gasteiger partial charge in [-0.2, -0.15) is 0 Å². The average Bonchev–Trinajstić information content (AvgIpc) is 2.65. The number of halogens is 1. The van der Waals surface area contributed by atoms with E-state index in [1.54, 1.807) is 49.4 Å². The first kappa shape index (κ1) is 25.7. The highest BCUT2D eigenvalue weighted by Crippen LogP contribution is 2.26. The number of aryl methyl sites for hydroxylation is 1. The summed E-state index contributed by atoms with van der Waals surface area (Å²) in [4.78, 5) is 25.1. The van der Waals surface area contributed by atoms with Gasteiger partial charge in [0.25, 0.3) is 5.91 Å². The number of para-hydroxylation sites is 1. The van der Waals surface area contributed by atoms with Gasteiger partial charge in [0, 0.05) is 23.5 Å². The maximum Gasteiger partial charge on any atom is 0.253 e. The Balaban J connectivity index is 2.07. The predicted molar refractivity (Wildman–Crippen MR) is 130 cm³/mol. The topological polar surface area (TPSA) is 95.6 Å². The minimum Gasteiger partial charge on any atom is -0.347 e.